The Labute approximate surface area is 69.4 Å². The topological polar surface area (TPSA) is 61.6 Å². The maximum atomic E-state index is 8.92. The molecule has 1 aromatic rings. The summed E-state index contributed by atoms with van der Waals surface area (Å²) < 4.78 is 0. The molecule has 0 fully saturated rings. The van der Waals surface area contributed by atoms with E-state index in [2.05, 4.69) is 15.0 Å². The summed E-state index contributed by atoms with van der Waals surface area (Å²) in [6.45, 7) is 0.366. The Hall–Kier alpha value is -1.49. The number of aliphatic hydroxyl groups excluding tert-OH is 1. The molecular weight excluding hydrogens is 156 g/mol. The molecule has 1 aliphatic rings. The number of anilines is 1. The van der Waals surface area contributed by atoms with Gasteiger partial charge in [0, 0.05) is 12.4 Å². The molecule has 1 N–H and O–H groups in total. The Bertz CT molecular complexity index is 312. The number of nitrogens with zero attached hydrogens (tertiary/aromatic N) is 4. The fourth-order valence-electron chi connectivity index (χ4n) is 1.08. The summed E-state index contributed by atoms with van der Waals surface area (Å²) in [5.74, 6) is 0.690. The summed E-state index contributed by atoms with van der Waals surface area (Å²) in [4.78, 5) is 13.8. The molecule has 5 heteroatoms. The van der Waals surface area contributed by atoms with Crippen LogP contribution in [-0.2, 0) is 0 Å². The van der Waals surface area contributed by atoms with Gasteiger partial charge in [-0.25, -0.2) is 9.97 Å². The van der Waals surface area contributed by atoms with E-state index < -0.39 is 0 Å². The van der Waals surface area contributed by atoms with Gasteiger partial charge in [-0.15, -0.1) is 0 Å². The summed E-state index contributed by atoms with van der Waals surface area (Å²) in [7, 11) is 0. The highest BCUT2D eigenvalue weighted by Gasteiger charge is 2.13. The van der Waals surface area contributed by atoms with E-state index in [4.69, 9.17) is 5.11 Å². The number of hydrogen-bond acceptors (Lipinski definition) is 5. The Kier molecular flexibility index (Phi) is 1.71. The van der Waals surface area contributed by atoms with Gasteiger partial charge in [-0.05, 0) is 0 Å². The molecule has 0 amide bonds. The molecule has 0 radical (unpaired) electrons. The Morgan fingerprint density at radius 3 is 3.08 bits per heavy atom. The minimum atomic E-state index is -0.0803. The van der Waals surface area contributed by atoms with Crippen molar-refractivity contribution in [2.24, 2.45) is 4.99 Å². The van der Waals surface area contributed by atoms with E-state index in [-0.39, 0.29) is 6.73 Å². The molecule has 0 unspecified atom stereocenters. The highest BCUT2D eigenvalue weighted by atomic mass is 16.3. The van der Waals surface area contributed by atoms with Gasteiger partial charge in [0.25, 0.3) is 0 Å². The van der Waals surface area contributed by atoms with Crippen LogP contribution in [0, 0.1) is 0 Å². The maximum absolute atomic E-state index is 8.92. The van der Waals surface area contributed by atoms with Gasteiger partial charge in [0.1, 0.15) is 19.1 Å². The van der Waals surface area contributed by atoms with Crippen molar-refractivity contribution >= 4 is 12.0 Å². The standard InChI is InChI=1S/C7H8N4O/c12-5-11-4-8-3-6-7(11)10-2-1-9-6/h1-3,12H,4-5H2. The van der Waals surface area contributed by atoms with Crippen LogP contribution < -0.4 is 4.90 Å². The largest absolute Gasteiger partial charge is 0.376 e. The average Bonchev–Trinajstić information content (AvgIpc) is 2.17. The monoisotopic (exact) mass is 164 g/mol. The quantitative estimate of drug-likeness (QED) is 0.614. The minimum absolute atomic E-state index is 0.0803. The van der Waals surface area contributed by atoms with Gasteiger partial charge in [0.05, 0.1) is 6.21 Å². The molecule has 1 aliphatic heterocycles. The van der Waals surface area contributed by atoms with Crippen molar-refractivity contribution in [3.05, 3.63) is 18.1 Å². The second kappa shape index (κ2) is 2.86. The number of hydrogen-bond donors (Lipinski definition) is 1. The van der Waals surface area contributed by atoms with Gasteiger partial charge >= 0.3 is 0 Å². The number of aromatic nitrogens is 2. The molecule has 62 valence electrons. The third-order valence-electron chi connectivity index (χ3n) is 1.64. The van der Waals surface area contributed by atoms with Gasteiger partial charge in [-0.2, -0.15) is 0 Å². The lowest BCUT2D eigenvalue weighted by molar-refractivity contribution is 0.290. The van der Waals surface area contributed by atoms with E-state index in [1.54, 1.807) is 23.5 Å². The fourth-order valence-corrected chi connectivity index (χ4v) is 1.08. The molecule has 0 bridgehead atoms. The summed E-state index contributed by atoms with van der Waals surface area (Å²) in [6.07, 6.45) is 4.86. The SMILES string of the molecule is OCN1CN=Cc2nccnc21. The predicted octanol–water partition coefficient (Wildman–Crippen LogP) is -0.377. The first-order chi connectivity index (χ1) is 5.92. The maximum Gasteiger partial charge on any atom is 0.159 e. The first-order valence-corrected chi connectivity index (χ1v) is 3.58. The van der Waals surface area contributed by atoms with Crippen LogP contribution in [0.4, 0.5) is 5.82 Å². The number of aliphatic imine (C=N–C) groups is 1. The molecule has 1 aromatic heterocycles. The van der Waals surface area contributed by atoms with Crippen LogP contribution in [0.25, 0.3) is 0 Å². The average molecular weight is 164 g/mol. The van der Waals surface area contributed by atoms with Crippen LogP contribution >= 0.6 is 0 Å². The molecule has 0 aliphatic carbocycles. The van der Waals surface area contributed by atoms with E-state index in [0.717, 1.165) is 0 Å². The number of rotatable bonds is 1. The molecular formula is C7H8N4O. The first kappa shape index (κ1) is 7.17. The van der Waals surface area contributed by atoms with Crippen LogP contribution in [0.5, 0.6) is 0 Å². The molecule has 2 heterocycles. The second-order valence-electron chi connectivity index (χ2n) is 2.40. The lowest BCUT2D eigenvalue weighted by atomic mass is 10.4. The molecule has 5 nitrogen and oxygen atoms in total. The van der Waals surface area contributed by atoms with Crippen molar-refractivity contribution in [2.75, 3.05) is 18.3 Å². The summed E-state index contributed by atoms with van der Waals surface area (Å²) in [5, 5.41) is 8.92. The summed E-state index contributed by atoms with van der Waals surface area (Å²) in [6, 6.07) is 0. The van der Waals surface area contributed by atoms with Gasteiger partial charge in [0.15, 0.2) is 5.82 Å². The van der Waals surface area contributed by atoms with Crippen molar-refractivity contribution < 1.29 is 5.11 Å². The van der Waals surface area contributed by atoms with Gasteiger partial charge in [0.2, 0.25) is 0 Å². The lowest BCUT2D eigenvalue weighted by Crippen LogP contribution is -2.29. The number of fused-ring (bicyclic) bond motifs is 1. The van der Waals surface area contributed by atoms with Crippen molar-refractivity contribution in [1.82, 2.24) is 9.97 Å². The molecule has 12 heavy (non-hydrogen) atoms. The zero-order valence-electron chi connectivity index (χ0n) is 6.38. The molecule has 0 atom stereocenters. The van der Waals surface area contributed by atoms with Crippen LogP contribution in [-0.4, -0.2) is 34.7 Å². The van der Waals surface area contributed by atoms with Gasteiger partial charge in [-0.1, -0.05) is 0 Å². The van der Waals surface area contributed by atoms with E-state index in [1.807, 2.05) is 0 Å². The molecule has 0 saturated carbocycles. The van der Waals surface area contributed by atoms with E-state index in [9.17, 15) is 0 Å². The Morgan fingerprint density at radius 1 is 1.42 bits per heavy atom. The molecule has 0 aromatic carbocycles. The molecule has 0 spiro atoms. The van der Waals surface area contributed by atoms with E-state index in [1.165, 1.54) is 0 Å². The second-order valence-corrected chi connectivity index (χ2v) is 2.40. The fraction of sp³-hybridized carbons (Fsp3) is 0.286. The highest BCUT2D eigenvalue weighted by molar-refractivity contribution is 5.85. The minimum Gasteiger partial charge on any atom is -0.376 e. The van der Waals surface area contributed by atoms with Crippen LogP contribution in [0.1, 0.15) is 5.69 Å². The Balaban J connectivity index is 2.45. The third kappa shape index (κ3) is 1.04. The van der Waals surface area contributed by atoms with Crippen molar-refractivity contribution in [3.63, 3.8) is 0 Å². The van der Waals surface area contributed by atoms with Crippen LogP contribution in [0.15, 0.2) is 17.4 Å². The molecule has 2 rings (SSSR count). The highest BCUT2D eigenvalue weighted by Crippen LogP contribution is 2.15. The molecule has 0 saturated heterocycles. The van der Waals surface area contributed by atoms with Crippen molar-refractivity contribution in [2.45, 2.75) is 0 Å². The van der Waals surface area contributed by atoms with Crippen LogP contribution in [0.3, 0.4) is 0 Å². The van der Waals surface area contributed by atoms with Gasteiger partial charge < -0.3 is 10.0 Å². The summed E-state index contributed by atoms with van der Waals surface area (Å²) in [5.41, 5.74) is 0.706. The van der Waals surface area contributed by atoms with E-state index >= 15 is 0 Å². The third-order valence-corrected chi connectivity index (χ3v) is 1.64. The zero-order chi connectivity index (χ0) is 8.39. The first-order valence-electron chi connectivity index (χ1n) is 3.58. The van der Waals surface area contributed by atoms with E-state index in [0.29, 0.717) is 18.2 Å². The van der Waals surface area contributed by atoms with Crippen molar-refractivity contribution in [1.29, 1.82) is 0 Å². The normalized spacial score (nSPS) is 14.6. The number of aliphatic hydroxyl groups is 1. The summed E-state index contributed by atoms with van der Waals surface area (Å²) >= 11 is 0. The van der Waals surface area contributed by atoms with Gasteiger partial charge in [-0.3, -0.25) is 4.99 Å². The van der Waals surface area contributed by atoms with Crippen molar-refractivity contribution in [3.8, 4) is 0 Å². The lowest BCUT2D eigenvalue weighted by Gasteiger charge is -2.22. The van der Waals surface area contributed by atoms with Crippen LogP contribution in [0.2, 0.25) is 0 Å². The zero-order valence-corrected chi connectivity index (χ0v) is 6.38. The Morgan fingerprint density at radius 2 is 2.25 bits per heavy atom. The predicted molar refractivity (Wildman–Crippen MR) is 44.1 cm³/mol. The smallest absolute Gasteiger partial charge is 0.159 e.